The van der Waals surface area contributed by atoms with Crippen molar-refractivity contribution in [3.8, 4) is 16.9 Å². The minimum Gasteiger partial charge on any atom is -0.496 e. The number of aryl methyl sites for hydroxylation is 1. The number of halogens is 1. The van der Waals surface area contributed by atoms with Crippen LogP contribution in [0.3, 0.4) is 0 Å². The van der Waals surface area contributed by atoms with Gasteiger partial charge in [0.1, 0.15) is 16.6 Å². The monoisotopic (exact) mass is 394 g/mol. The first-order valence-electron chi connectivity index (χ1n) is 9.18. The number of ether oxygens (including phenoxy) is 1. The molecule has 1 saturated carbocycles. The maximum Gasteiger partial charge on any atom is 0.200 e. The normalized spacial score (nSPS) is 15.6. The highest BCUT2D eigenvalue weighted by molar-refractivity contribution is 7.98. The molecule has 2 aromatic carbocycles. The van der Waals surface area contributed by atoms with Gasteiger partial charge in [-0.05, 0) is 43.5 Å². The number of hydrogen-bond acceptors (Lipinski definition) is 4. The lowest BCUT2D eigenvalue weighted by atomic mass is 9.99. The van der Waals surface area contributed by atoms with Gasteiger partial charge in [-0.1, -0.05) is 18.7 Å². The fourth-order valence-corrected chi connectivity index (χ4v) is 4.84. The summed E-state index contributed by atoms with van der Waals surface area (Å²) in [5, 5.41) is 1.27. The molecule has 4 nitrogen and oxygen atoms in total. The third-order valence-electron chi connectivity index (χ3n) is 5.38. The molecule has 28 heavy (non-hydrogen) atoms. The summed E-state index contributed by atoms with van der Waals surface area (Å²) in [6.07, 6.45) is 2.11. The highest BCUT2D eigenvalue weighted by Crippen LogP contribution is 2.45. The molecule has 0 atom stereocenters. The molecule has 1 aliphatic heterocycles. The van der Waals surface area contributed by atoms with Gasteiger partial charge >= 0.3 is 0 Å². The van der Waals surface area contributed by atoms with Crippen molar-refractivity contribution in [2.75, 3.05) is 7.11 Å². The Morgan fingerprint density at radius 3 is 2.75 bits per heavy atom. The second-order valence-corrected chi connectivity index (χ2v) is 8.14. The number of benzene rings is 2. The van der Waals surface area contributed by atoms with Gasteiger partial charge in [0.15, 0.2) is 5.43 Å². The van der Waals surface area contributed by atoms with Crippen LogP contribution in [-0.2, 0) is 0 Å². The van der Waals surface area contributed by atoms with E-state index in [2.05, 4.69) is 15.9 Å². The molecule has 0 unspecified atom stereocenters. The quantitative estimate of drug-likeness (QED) is 0.632. The second-order valence-electron chi connectivity index (χ2n) is 7.35. The Labute approximate surface area is 166 Å². The topological polar surface area (TPSA) is 43.3 Å². The van der Waals surface area contributed by atoms with E-state index in [0.29, 0.717) is 39.6 Å². The number of pyridine rings is 1. The van der Waals surface area contributed by atoms with Gasteiger partial charge in [-0.3, -0.25) is 4.79 Å². The van der Waals surface area contributed by atoms with Gasteiger partial charge in [-0.25, -0.2) is 4.39 Å². The van der Waals surface area contributed by atoms with Crippen LogP contribution in [0.25, 0.3) is 27.7 Å². The summed E-state index contributed by atoms with van der Waals surface area (Å²) in [5.41, 5.74) is 3.89. The Morgan fingerprint density at radius 2 is 2.04 bits per heavy atom. The number of nitrogens with zero attached hydrogens (tertiary/aromatic N) is 1. The SMILES string of the molecule is C=C1NSc2c1c(=O)c1cc(F)c(-c3ccc(C)cc3OC)cc1n2C1CC1. The van der Waals surface area contributed by atoms with Gasteiger partial charge in [-0.2, -0.15) is 0 Å². The van der Waals surface area contributed by atoms with Gasteiger partial charge in [-0.15, -0.1) is 0 Å². The molecule has 6 heteroatoms. The predicted molar refractivity (Wildman–Crippen MR) is 111 cm³/mol. The molecule has 1 fully saturated rings. The van der Waals surface area contributed by atoms with Crippen LogP contribution in [0.1, 0.15) is 30.0 Å². The van der Waals surface area contributed by atoms with Crippen molar-refractivity contribution in [2.24, 2.45) is 0 Å². The molecule has 1 N–H and O–H groups in total. The molecule has 2 aliphatic rings. The molecule has 0 saturated heterocycles. The molecule has 0 bridgehead atoms. The minimum absolute atomic E-state index is 0.175. The van der Waals surface area contributed by atoms with E-state index in [9.17, 15) is 4.79 Å². The Hall–Kier alpha value is -2.73. The number of hydrogen-bond donors (Lipinski definition) is 1. The Kier molecular flexibility index (Phi) is 3.81. The van der Waals surface area contributed by atoms with Crippen molar-refractivity contribution >= 4 is 28.5 Å². The van der Waals surface area contributed by atoms with Gasteiger partial charge in [0.25, 0.3) is 0 Å². The molecule has 0 spiro atoms. The molecule has 2 heterocycles. The Balaban J connectivity index is 1.86. The van der Waals surface area contributed by atoms with Crippen molar-refractivity contribution in [3.05, 3.63) is 64.1 Å². The van der Waals surface area contributed by atoms with Crippen molar-refractivity contribution in [1.82, 2.24) is 9.29 Å². The van der Waals surface area contributed by atoms with Gasteiger partial charge < -0.3 is 14.0 Å². The van der Waals surface area contributed by atoms with E-state index in [1.54, 1.807) is 13.2 Å². The third-order valence-corrected chi connectivity index (χ3v) is 6.32. The molecular formula is C22H19FN2O2S. The van der Waals surface area contributed by atoms with E-state index < -0.39 is 5.82 Å². The van der Waals surface area contributed by atoms with Gasteiger partial charge in [0, 0.05) is 34.5 Å². The smallest absolute Gasteiger partial charge is 0.200 e. The van der Waals surface area contributed by atoms with E-state index in [0.717, 1.165) is 28.9 Å². The molecular weight excluding hydrogens is 375 g/mol. The maximum atomic E-state index is 15.2. The molecule has 5 rings (SSSR count). The van der Waals surface area contributed by atoms with E-state index >= 15 is 4.39 Å². The van der Waals surface area contributed by atoms with Crippen LogP contribution in [0.4, 0.5) is 4.39 Å². The van der Waals surface area contributed by atoms with Crippen LogP contribution in [0.5, 0.6) is 5.75 Å². The molecule has 1 aliphatic carbocycles. The Morgan fingerprint density at radius 1 is 1.25 bits per heavy atom. The average Bonchev–Trinajstić information content (AvgIpc) is 3.44. The van der Waals surface area contributed by atoms with E-state index in [1.165, 1.54) is 18.0 Å². The number of nitrogens with one attached hydrogen (secondary N) is 1. The summed E-state index contributed by atoms with van der Waals surface area (Å²) in [6.45, 7) is 5.91. The summed E-state index contributed by atoms with van der Waals surface area (Å²) >= 11 is 1.41. The summed E-state index contributed by atoms with van der Waals surface area (Å²) in [5.74, 6) is 0.183. The first kappa shape index (κ1) is 17.4. The summed E-state index contributed by atoms with van der Waals surface area (Å²) in [4.78, 5) is 13.1. The molecule has 0 amide bonds. The number of aromatic nitrogens is 1. The zero-order valence-electron chi connectivity index (χ0n) is 15.6. The first-order chi connectivity index (χ1) is 13.5. The predicted octanol–water partition coefficient (Wildman–Crippen LogP) is 5.04. The lowest BCUT2D eigenvalue weighted by Crippen LogP contribution is -2.15. The highest BCUT2D eigenvalue weighted by atomic mass is 32.2. The minimum atomic E-state index is -0.432. The standard InChI is InChI=1S/C22H19FN2O2S/c1-11-4-7-14(19(8-11)27-3)15-10-18-16(9-17(15)23)21(26)20-12(2)24-28-22(20)25(18)13-5-6-13/h4,7-10,13,24H,2,5-6H2,1,3H3. The summed E-state index contributed by atoms with van der Waals surface area (Å²) < 4.78 is 25.9. The van der Waals surface area contributed by atoms with Crippen LogP contribution in [0, 0.1) is 12.7 Å². The highest BCUT2D eigenvalue weighted by Gasteiger charge is 2.33. The van der Waals surface area contributed by atoms with Crippen molar-refractivity contribution < 1.29 is 9.13 Å². The van der Waals surface area contributed by atoms with Gasteiger partial charge in [0.2, 0.25) is 0 Å². The number of rotatable bonds is 3. The second kappa shape index (κ2) is 6.14. The van der Waals surface area contributed by atoms with E-state index in [-0.39, 0.29) is 5.43 Å². The molecule has 3 aromatic rings. The zero-order chi connectivity index (χ0) is 19.6. The molecule has 0 radical (unpaired) electrons. The fraction of sp³-hybridized carbons (Fsp3) is 0.227. The van der Waals surface area contributed by atoms with E-state index in [4.69, 9.17) is 4.74 Å². The van der Waals surface area contributed by atoms with Crippen LogP contribution in [-0.4, -0.2) is 11.7 Å². The van der Waals surface area contributed by atoms with Crippen molar-refractivity contribution in [3.63, 3.8) is 0 Å². The number of fused-ring (bicyclic) bond motifs is 2. The van der Waals surface area contributed by atoms with Crippen LogP contribution >= 0.6 is 11.9 Å². The average molecular weight is 394 g/mol. The van der Waals surface area contributed by atoms with Gasteiger partial charge in [0.05, 0.1) is 23.9 Å². The lowest BCUT2D eigenvalue weighted by Gasteiger charge is -2.17. The van der Waals surface area contributed by atoms with E-state index in [1.807, 2.05) is 25.1 Å². The van der Waals surface area contributed by atoms with Crippen molar-refractivity contribution in [1.29, 1.82) is 0 Å². The molecule has 1 aromatic heterocycles. The third kappa shape index (κ3) is 2.48. The molecule has 142 valence electrons. The Bertz CT molecular complexity index is 1230. The van der Waals surface area contributed by atoms with Crippen LogP contribution in [0.2, 0.25) is 0 Å². The largest absolute Gasteiger partial charge is 0.496 e. The summed E-state index contributed by atoms with van der Waals surface area (Å²) in [6, 6.07) is 9.17. The van der Waals surface area contributed by atoms with Crippen LogP contribution < -0.4 is 14.9 Å². The zero-order valence-corrected chi connectivity index (χ0v) is 16.5. The van der Waals surface area contributed by atoms with Crippen molar-refractivity contribution in [2.45, 2.75) is 30.8 Å². The lowest BCUT2D eigenvalue weighted by molar-refractivity contribution is 0.416. The first-order valence-corrected chi connectivity index (χ1v) is 10.00. The van der Waals surface area contributed by atoms with Crippen LogP contribution in [0.15, 0.2) is 46.7 Å². The summed E-state index contributed by atoms with van der Waals surface area (Å²) in [7, 11) is 1.58. The fourth-order valence-electron chi connectivity index (χ4n) is 3.85. The maximum absolute atomic E-state index is 15.2. The number of methoxy groups -OCH3 is 1.